The Morgan fingerprint density at radius 3 is 3.05 bits per heavy atom. The van der Waals surface area contributed by atoms with E-state index >= 15 is 0 Å². The average molecular weight is 308 g/mol. The lowest BCUT2D eigenvalue weighted by Gasteiger charge is -2.38. The number of ether oxygens (including phenoxy) is 1. The summed E-state index contributed by atoms with van der Waals surface area (Å²) in [6.45, 7) is -0.0694. The number of rotatable bonds is 2. The summed E-state index contributed by atoms with van der Waals surface area (Å²) < 4.78 is 7.59. The van der Waals surface area contributed by atoms with Crippen LogP contribution < -0.4 is 5.73 Å². The fraction of sp³-hybridized carbons (Fsp3) is 0.583. The molecule has 4 rings (SSSR count). The third-order valence-corrected chi connectivity index (χ3v) is 4.21. The number of hydrogen-bond acceptors (Lipinski definition) is 9. The lowest BCUT2D eigenvalue weighted by atomic mass is 9.94. The largest absolute Gasteiger partial charge is 0.393 e. The van der Waals surface area contributed by atoms with Crippen LogP contribution >= 0.6 is 0 Å². The van der Waals surface area contributed by atoms with Gasteiger partial charge in [0.2, 0.25) is 0 Å². The first-order valence-corrected chi connectivity index (χ1v) is 6.83. The Hall–Kier alpha value is -1.85. The van der Waals surface area contributed by atoms with Crippen LogP contribution in [-0.2, 0) is 9.57 Å². The first-order valence-electron chi connectivity index (χ1n) is 6.83. The minimum atomic E-state index is -1.10. The lowest BCUT2D eigenvalue weighted by Crippen LogP contribution is -2.58. The van der Waals surface area contributed by atoms with Gasteiger partial charge in [0.25, 0.3) is 0 Å². The monoisotopic (exact) mass is 308 g/mol. The molecule has 4 atom stereocenters. The van der Waals surface area contributed by atoms with E-state index in [1.165, 1.54) is 12.7 Å². The van der Waals surface area contributed by atoms with Crippen molar-refractivity contribution in [1.29, 1.82) is 0 Å². The van der Waals surface area contributed by atoms with E-state index in [4.69, 9.17) is 15.3 Å². The number of nitrogens with two attached hydrogens (primary N) is 1. The summed E-state index contributed by atoms with van der Waals surface area (Å²) >= 11 is 0. The second kappa shape index (κ2) is 4.57. The van der Waals surface area contributed by atoms with Crippen molar-refractivity contribution in [3.8, 4) is 0 Å². The number of hydrogen-bond donors (Lipinski definition) is 3. The minimum absolute atomic E-state index is 0.251. The van der Waals surface area contributed by atoms with Crippen molar-refractivity contribution in [2.75, 3.05) is 25.9 Å². The van der Waals surface area contributed by atoms with Gasteiger partial charge in [0.15, 0.2) is 23.8 Å². The van der Waals surface area contributed by atoms with Crippen LogP contribution in [-0.4, -0.2) is 72.8 Å². The number of hydroxylamine groups is 2. The number of imidazole rings is 1. The summed E-state index contributed by atoms with van der Waals surface area (Å²) in [7, 11) is 1.72. The number of aliphatic hydroxyl groups is 2. The third-order valence-electron chi connectivity index (χ3n) is 4.21. The van der Waals surface area contributed by atoms with Crippen LogP contribution in [0, 0.1) is 0 Å². The van der Waals surface area contributed by atoms with E-state index < -0.39 is 24.0 Å². The first-order chi connectivity index (χ1) is 10.6. The minimum Gasteiger partial charge on any atom is -0.393 e. The van der Waals surface area contributed by atoms with E-state index in [-0.39, 0.29) is 19.0 Å². The van der Waals surface area contributed by atoms with E-state index in [1.54, 1.807) is 16.7 Å². The maximum absolute atomic E-state index is 10.4. The molecule has 2 aliphatic heterocycles. The van der Waals surface area contributed by atoms with Gasteiger partial charge in [-0.3, -0.25) is 9.40 Å². The van der Waals surface area contributed by atoms with Gasteiger partial charge in [0.1, 0.15) is 23.5 Å². The number of nitrogen functional groups attached to an aromatic ring is 1. The van der Waals surface area contributed by atoms with Crippen molar-refractivity contribution in [1.82, 2.24) is 24.6 Å². The number of fused-ring (bicyclic) bond motifs is 3. The van der Waals surface area contributed by atoms with E-state index in [2.05, 4.69) is 15.0 Å². The van der Waals surface area contributed by atoms with Gasteiger partial charge in [-0.15, -0.1) is 0 Å². The number of aromatic nitrogens is 4. The van der Waals surface area contributed by atoms with Crippen molar-refractivity contribution in [3.63, 3.8) is 0 Å². The van der Waals surface area contributed by atoms with E-state index in [1.807, 2.05) is 0 Å². The molecule has 0 spiro atoms. The highest BCUT2D eigenvalue weighted by Crippen LogP contribution is 2.43. The molecule has 2 bridgehead atoms. The van der Waals surface area contributed by atoms with Crippen molar-refractivity contribution >= 4 is 17.0 Å². The first kappa shape index (κ1) is 13.8. The van der Waals surface area contributed by atoms with Gasteiger partial charge < -0.3 is 20.7 Å². The van der Waals surface area contributed by atoms with Gasteiger partial charge in [-0.2, -0.15) is 5.06 Å². The van der Waals surface area contributed by atoms with Gasteiger partial charge in [0.05, 0.1) is 19.5 Å². The molecule has 4 heterocycles. The quantitative estimate of drug-likeness (QED) is 0.592. The summed E-state index contributed by atoms with van der Waals surface area (Å²) in [5.74, 6) is 0.264. The summed E-state index contributed by atoms with van der Waals surface area (Å²) in [5, 5.41) is 21.7. The molecule has 2 aromatic heterocycles. The topological polar surface area (TPSA) is 132 Å². The summed E-state index contributed by atoms with van der Waals surface area (Å²) in [4.78, 5) is 17.9. The van der Waals surface area contributed by atoms with Crippen LogP contribution in [0.2, 0.25) is 0 Å². The molecule has 0 saturated carbocycles. The number of aliphatic hydroxyl groups excluding tert-OH is 2. The van der Waals surface area contributed by atoms with E-state index in [9.17, 15) is 10.2 Å². The fourth-order valence-electron chi connectivity index (χ4n) is 3.15. The number of likely N-dealkylation sites (N-methyl/N-ethyl adjacent to an activating group) is 1. The normalized spacial score (nSPS) is 35.3. The predicted octanol–water partition coefficient (Wildman–Crippen LogP) is -1.73. The highest BCUT2D eigenvalue weighted by molar-refractivity contribution is 5.81. The second-order valence-corrected chi connectivity index (χ2v) is 5.62. The van der Waals surface area contributed by atoms with Crippen LogP contribution in [0.5, 0.6) is 0 Å². The Labute approximate surface area is 125 Å². The van der Waals surface area contributed by atoms with Gasteiger partial charge in [-0.25, -0.2) is 15.0 Å². The Kier molecular flexibility index (Phi) is 2.86. The van der Waals surface area contributed by atoms with Crippen molar-refractivity contribution < 1.29 is 19.8 Å². The second-order valence-electron chi connectivity index (χ2n) is 5.62. The van der Waals surface area contributed by atoms with Crippen LogP contribution in [0.1, 0.15) is 6.23 Å². The predicted molar refractivity (Wildman–Crippen MR) is 73.2 cm³/mol. The average Bonchev–Trinajstić information content (AvgIpc) is 2.98. The molecule has 4 N–H and O–H groups in total. The van der Waals surface area contributed by atoms with Crippen LogP contribution in [0.4, 0.5) is 5.82 Å². The highest BCUT2D eigenvalue weighted by atomic mass is 16.7. The van der Waals surface area contributed by atoms with E-state index in [0.717, 1.165) is 0 Å². The lowest BCUT2D eigenvalue weighted by molar-refractivity contribution is -0.256. The standard InChI is InChI=1S/C12H16N6O4/c1-17-2-12(3-19)8(20)7(22-17)11(21-12)18-5-16-6-9(13)14-4-15-10(6)18/h4-5,7-8,11,19-20H,2-3H2,1H3,(H2,13,14,15)/t7-,8?,11+,12+/m0/s1. The molecule has 0 aromatic carbocycles. The van der Waals surface area contributed by atoms with Crippen LogP contribution in [0.3, 0.4) is 0 Å². The Balaban J connectivity index is 1.81. The van der Waals surface area contributed by atoms with E-state index in [0.29, 0.717) is 11.2 Å². The molecule has 1 unspecified atom stereocenters. The summed E-state index contributed by atoms with van der Waals surface area (Å²) in [6, 6.07) is 0. The maximum Gasteiger partial charge on any atom is 0.168 e. The molecule has 2 aromatic rings. The molecule has 2 aliphatic rings. The molecular formula is C12H16N6O4. The van der Waals surface area contributed by atoms with Crippen molar-refractivity contribution in [2.24, 2.45) is 0 Å². The molecule has 2 saturated heterocycles. The zero-order valence-electron chi connectivity index (χ0n) is 11.8. The van der Waals surface area contributed by atoms with Crippen molar-refractivity contribution in [3.05, 3.63) is 12.7 Å². The Morgan fingerprint density at radius 1 is 1.45 bits per heavy atom. The van der Waals surface area contributed by atoms with Gasteiger partial charge in [0, 0.05) is 7.05 Å². The van der Waals surface area contributed by atoms with Crippen LogP contribution in [0.15, 0.2) is 12.7 Å². The highest BCUT2D eigenvalue weighted by Gasteiger charge is 2.60. The summed E-state index contributed by atoms with van der Waals surface area (Å²) in [5.41, 5.74) is 5.62. The van der Waals surface area contributed by atoms with Gasteiger partial charge >= 0.3 is 0 Å². The molecule has 118 valence electrons. The maximum atomic E-state index is 10.4. The third kappa shape index (κ3) is 1.69. The smallest absolute Gasteiger partial charge is 0.168 e. The molecular weight excluding hydrogens is 292 g/mol. The van der Waals surface area contributed by atoms with Crippen LogP contribution in [0.25, 0.3) is 11.2 Å². The molecule has 0 radical (unpaired) electrons. The molecule has 0 aliphatic carbocycles. The molecule has 22 heavy (non-hydrogen) atoms. The summed E-state index contributed by atoms with van der Waals surface area (Å²) in [6.07, 6.45) is 0.533. The molecule has 0 amide bonds. The zero-order chi connectivity index (χ0) is 15.5. The molecule has 10 nitrogen and oxygen atoms in total. The number of anilines is 1. The zero-order valence-corrected chi connectivity index (χ0v) is 11.8. The number of nitrogens with zero attached hydrogens (tertiary/aromatic N) is 5. The Morgan fingerprint density at radius 2 is 2.27 bits per heavy atom. The Bertz CT molecular complexity index is 723. The SMILES string of the molecule is CN1C[C@]2(CO)O[C@@H](n3cnc4c(N)ncnc43)[C@@H](O1)C2O. The fourth-order valence-corrected chi connectivity index (χ4v) is 3.15. The van der Waals surface area contributed by atoms with Gasteiger partial charge in [-0.1, -0.05) is 0 Å². The van der Waals surface area contributed by atoms with Gasteiger partial charge in [-0.05, 0) is 0 Å². The van der Waals surface area contributed by atoms with Crippen molar-refractivity contribution in [2.45, 2.75) is 24.0 Å². The molecule has 2 fully saturated rings. The molecule has 10 heteroatoms.